The molecule has 1 aliphatic rings. The van der Waals surface area contributed by atoms with Crippen molar-refractivity contribution in [2.45, 2.75) is 11.3 Å². The molecule has 0 spiro atoms. The number of rotatable bonds is 4. The van der Waals surface area contributed by atoms with Crippen LogP contribution in [0, 0.1) is 0 Å². The molecule has 2 N–H and O–H groups in total. The highest BCUT2D eigenvalue weighted by Gasteiger charge is 2.21. The maximum absolute atomic E-state index is 11.8. The number of hydrogen-bond donors (Lipinski definition) is 2. The summed E-state index contributed by atoms with van der Waals surface area (Å²) in [6.07, 6.45) is 0.146. The summed E-state index contributed by atoms with van der Waals surface area (Å²) in [5.74, 6) is -0.177. The zero-order valence-corrected chi connectivity index (χ0v) is 10.6. The number of sulfonamides is 1. The van der Waals surface area contributed by atoms with E-state index in [4.69, 9.17) is 11.6 Å². The van der Waals surface area contributed by atoms with Crippen molar-refractivity contribution < 1.29 is 18.0 Å². The average Bonchev–Trinajstić information content (AvgIpc) is 2.65. The predicted molar refractivity (Wildman–Crippen MR) is 64.8 cm³/mol. The number of carbonyl (C=O) groups is 2. The Morgan fingerprint density at radius 2 is 2.17 bits per heavy atom. The molecule has 0 aromatic heterocycles. The normalized spacial score (nSPS) is 14.2. The van der Waals surface area contributed by atoms with Crippen LogP contribution in [-0.2, 0) is 26.0 Å². The lowest BCUT2D eigenvalue weighted by atomic mass is 10.2. The van der Waals surface area contributed by atoms with Crippen molar-refractivity contribution in [2.24, 2.45) is 0 Å². The van der Waals surface area contributed by atoms with Crippen molar-refractivity contribution in [1.82, 2.24) is 4.72 Å². The van der Waals surface area contributed by atoms with Crippen LogP contribution < -0.4 is 10.0 Å². The molecule has 6 nitrogen and oxygen atoms in total. The van der Waals surface area contributed by atoms with Gasteiger partial charge in [-0.25, -0.2) is 13.1 Å². The van der Waals surface area contributed by atoms with Crippen LogP contribution in [0.4, 0.5) is 5.69 Å². The number of carbonyl (C=O) groups excluding carboxylic acids is 2. The zero-order valence-electron chi connectivity index (χ0n) is 9.07. The third kappa shape index (κ3) is 2.69. The molecular formula is C10H9ClN2O4S. The lowest BCUT2D eigenvalue weighted by Gasteiger charge is -2.06. The van der Waals surface area contributed by atoms with Gasteiger partial charge >= 0.3 is 0 Å². The summed E-state index contributed by atoms with van der Waals surface area (Å²) in [6.45, 7) is -0.474. The van der Waals surface area contributed by atoms with Gasteiger partial charge in [0.05, 0.1) is 17.9 Å². The first-order chi connectivity index (χ1) is 8.38. The fourth-order valence-electron chi connectivity index (χ4n) is 1.61. The highest BCUT2D eigenvalue weighted by Crippen LogP contribution is 2.25. The van der Waals surface area contributed by atoms with E-state index in [1.807, 2.05) is 0 Å². The van der Waals surface area contributed by atoms with Crippen LogP contribution in [0.1, 0.15) is 5.56 Å². The smallest absolute Gasteiger partial charge is 0.241 e. The Bertz CT molecular complexity index is 627. The summed E-state index contributed by atoms with van der Waals surface area (Å²) >= 11 is 5.06. The van der Waals surface area contributed by atoms with Crippen molar-refractivity contribution in [3.63, 3.8) is 0 Å². The van der Waals surface area contributed by atoms with Crippen LogP contribution >= 0.6 is 11.6 Å². The molecule has 1 aliphatic heterocycles. The predicted octanol–water partition coefficient (Wildman–Crippen LogP) is 0.225. The summed E-state index contributed by atoms with van der Waals surface area (Å²) in [5.41, 5.74) is 1.22. The van der Waals surface area contributed by atoms with E-state index < -0.39 is 21.8 Å². The molecule has 0 atom stereocenters. The van der Waals surface area contributed by atoms with Crippen LogP contribution in [-0.4, -0.2) is 26.1 Å². The van der Waals surface area contributed by atoms with Crippen molar-refractivity contribution in [3.8, 4) is 0 Å². The number of fused-ring (bicyclic) bond motifs is 1. The second-order valence-corrected chi connectivity index (χ2v) is 5.91. The van der Waals surface area contributed by atoms with E-state index in [0.717, 1.165) is 0 Å². The van der Waals surface area contributed by atoms with Gasteiger partial charge in [-0.1, -0.05) is 0 Å². The zero-order chi connectivity index (χ0) is 13.3. The molecule has 0 bridgehead atoms. The van der Waals surface area contributed by atoms with Crippen molar-refractivity contribution in [3.05, 3.63) is 23.8 Å². The van der Waals surface area contributed by atoms with Crippen molar-refractivity contribution >= 4 is 38.5 Å². The first kappa shape index (κ1) is 13.0. The Kier molecular flexibility index (Phi) is 3.38. The monoisotopic (exact) mass is 288 g/mol. The standard InChI is InChI=1S/C10H9ClN2O4S/c11-9(14)5-12-18(16,17)7-1-2-8-6(3-7)4-10(15)13-8/h1-3,12H,4-5H2,(H,13,15). The van der Waals surface area contributed by atoms with E-state index in [1.165, 1.54) is 18.2 Å². The number of halogens is 1. The Hall–Kier alpha value is -1.44. The molecule has 1 aromatic carbocycles. The fraction of sp³-hybridized carbons (Fsp3) is 0.200. The Morgan fingerprint density at radius 1 is 1.44 bits per heavy atom. The number of amides is 1. The SMILES string of the molecule is O=C(Cl)CNS(=O)(=O)c1ccc2c(c1)CC(=O)N2. The summed E-state index contributed by atoms with van der Waals surface area (Å²) in [6, 6.07) is 4.26. The summed E-state index contributed by atoms with van der Waals surface area (Å²) in [7, 11) is -3.79. The van der Waals surface area contributed by atoms with Gasteiger partial charge in [0.2, 0.25) is 21.2 Å². The maximum atomic E-state index is 11.8. The molecule has 0 fully saturated rings. The van der Waals surface area contributed by atoms with Crippen LogP contribution in [0.15, 0.2) is 23.1 Å². The molecule has 0 radical (unpaired) electrons. The van der Waals surface area contributed by atoms with E-state index in [-0.39, 0.29) is 17.2 Å². The van der Waals surface area contributed by atoms with Gasteiger partial charge in [0.15, 0.2) is 0 Å². The van der Waals surface area contributed by atoms with Gasteiger partial charge in [0.1, 0.15) is 0 Å². The van der Waals surface area contributed by atoms with Gasteiger partial charge in [-0.2, -0.15) is 0 Å². The number of nitrogens with one attached hydrogen (secondary N) is 2. The van der Waals surface area contributed by atoms with E-state index in [1.54, 1.807) is 0 Å². The van der Waals surface area contributed by atoms with E-state index in [9.17, 15) is 18.0 Å². The Balaban J connectivity index is 2.27. The number of hydrogen-bond acceptors (Lipinski definition) is 4. The fourth-order valence-corrected chi connectivity index (χ4v) is 2.79. The van der Waals surface area contributed by atoms with E-state index in [0.29, 0.717) is 11.3 Å². The molecule has 1 amide bonds. The van der Waals surface area contributed by atoms with Gasteiger partial charge in [-0.15, -0.1) is 0 Å². The molecule has 2 rings (SSSR count). The van der Waals surface area contributed by atoms with Crippen molar-refractivity contribution in [2.75, 3.05) is 11.9 Å². The lowest BCUT2D eigenvalue weighted by molar-refractivity contribution is -0.115. The lowest BCUT2D eigenvalue weighted by Crippen LogP contribution is -2.27. The summed E-state index contributed by atoms with van der Waals surface area (Å²) < 4.78 is 25.6. The molecule has 0 saturated carbocycles. The molecular weight excluding hydrogens is 280 g/mol. The molecule has 96 valence electrons. The quantitative estimate of drug-likeness (QED) is 0.776. The van der Waals surface area contributed by atoms with Gasteiger partial charge in [-0.05, 0) is 35.4 Å². The Labute approximate surface area is 108 Å². The van der Waals surface area contributed by atoms with E-state index in [2.05, 4.69) is 10.0 Å². The molecule has 0 aliphatic carbocycles. The van der Waals surface area contributed by atoms with E-state index >= 15 is 0 Å². The van der Waals surface area contributed by atoms with Gasteiger partial charge in [0.25, 0.3) is 0 Å². The topological polar surface area (TPSA) is 92.3 Å². The van der Waals surface area contributed by atoms with Crippen LogP contribution in [0.5, 0.6) is 0 Å². The Morgan fingerprint density at radius 3 is 2.83 bits per heavy atom. The number of benzene rings is 1. The maximum Gasteiger partial charge on any atom is 0.241 e. The van der Waals surface area contributed by atoms with Crippen molar-refractivity contribution in [1.29, 1.82) is 0 Å². The summed E-state index contributed by atoms with van der Waals surface area (Å²) in [5, 5.41) is 1.80. The number of anilines is 1. The molecule has 18 heavy (non-hydrogen) atoms. The minimum atomic E-state index is -3.79. The first-order valence-corrected chi connectivity index (χ1v) is 6.85. The van der Waals surface area contributed by atoms with Crippen LogP contribution in [0.2, 0.25) is 0 Å². The third-order valence-electron chi connectivity index (χ3n) is 2.41. The first-order valence-electron chi connectivity index (χ1n) is 4.99. The minimum Gasteiger partial charge on any atom is -0.326 e. The second-order valence-electron chi connectivity index (χ2n) is 3.72. The third-order valence-corrected chi connectivity index (χ3v) is 3.95. The molecule has 0 unspecified atom stereocenters. The van der Waals surface area contributed by atoms with Gasteiger partial charge in [0, 0.05) is 5.69 Å². The molecule has 8 heteroatoms. The van der Waals surface area contributed by atoms with Crippen LogP contribution in [0.25, 0.3) is 0 Å². The van der Waals surface area contributed by atoms with Gasteiger partial charge in [-0.3, -0.25) is 9.59 Å². The summed E-state index contributed by atoms with van der Waals surface area (Å²) in [4.78, 5) is 21.7. The average molecular weight is 289 g/mol. The highest BCUT2D eigenvalue weighted by molar-refractivity contribution is 7.89. The molecule has 1 heterocycles. The molecule has 1 aromatic rings. The largest absolute Gasteiger partial charge is 0.326 e. The highest BCUT2D eigenvalue weighted by atomic mass is 35.5. The molecule has 0 saturated heterocycles. The van der Waals surface area contributed by atoms with Crippen LogP contribution in [0.3, 0.4) is 0 Å². The minimum absolute atomic E-state index is 0.00401. The second kappa shape index (κ2) is 4.68. The van der Waals surface area contributed by atoms with Gasteiger partial charge < -0.3 is 5.32 Å².